The smallest absolute Gasteiger partial charge is 0.319 e. The molecule has 0 spiro atoms. The van der Waals surface area contributed by atoms with E-state index in [2.05, 4.69) is 5.32 Å². The van der Waals surface area contributed by atoms with Gasteiger partial charge < -0.3 is 10.4 Å². The van der Waals surface area contributed by atoms with Crippen LogP contribution in [0.2, 0.25) is 0 Å². The quantitative estimate of drug-likeness (QED) is 0.817. The van der Waals surface area contributed by atoms with E-state index < -0.39 is 11.4 Å². The zero-order valence-electron chi connectivity index (χ0n) is 11.5. The van der Waals surface area contributed by atoms with Crippen LogP contribution in [0.25, 0.3) is 0 Å². The molecule has 1 aromatic rings. The maximum atomic E-state index is 12.1. The van der Waals surface area contributed by atoms with Crippen molar-refractivity contribution in [1.82, 2.24) is 5.32 Å². The minimum Gasteiger partial charge on any atom is -0.480 e. The standard InChI is InChI=1S/C15H19NO3/c1-9-5-4-6-12(10(9)2)11(3)16-13(17)15(7-8-15)14(18)19/h4-6,11H,7-8H2,1-3H3,(H,16,17)(H,18,19)/t11-/m1/s1. The maximum Gasteiger partial charge on any atom is 0.319 e. The first-order valence-electron chi connectivity index (χ1n) is 6.49. The summed E-state index contributed by atoms with van der Waals surface area (Å²) in [4.78, 5) is 23.2. The van der Waals surface area contributed by atoms with Crippen LogP contribution in [-0.4, -0.2) is 17.0 Å². The molecule has 2 rings (SSSR count). The second-order valence-corrected chi connectivity index (χ2v) is 5.37. The van der Waals surface area contributed by atoms with Crippen LogP contribution >= 0.6 is 0 Å². The van der Waals surface area contributed by atoms with Crippen LogP contribution in [-0.2, 0) is 9.59 Å². The van der Waals surface area contributed by atoms with Gasteiger partial charge in [-0.2, -0.15) is 0 Å². The third kappa shape index (κ3) is 2.35. The Morgan fingerprint density at radius 2 is 1.95 bits per heavy atom. The van der Waals surface area contributed by atoms with E-state index >= 15 is 0 Å². The van der Waals surface area contributed by atoms with Crippen molar-refractivity contribution < 1.29 is 14.7 Å². The molecular formula is C15H19NO3. The van der Waals surface area contributed by atoms with E-state index in [0.29, 0.717) is 12.8 Å². The van der Waals surface area contributed by atoms with Crippen LogP contribution in [0.4, 0.5) is 0 Å². The summed E-state index contributed by atoms with van der Waals surface area (Å²) < 4.78 is 0. The second-order valence-electron chi connectivity index (χ2n) is 5.37. The Morgan fingerprint density at radius 3 is 2.47 bits per heavy atom. The molecule has 0 aliphatic heterocycles. The van der Waals surface area contributed by atoms with Crippen molar-refractivity contribution in [2.75, 3.05) is 0 Å². The van der Waals surface area contributed by atoms with Crippen LogP contribution < -0.4 is 5.32 Å². The third-order valence-electron chi connectivity index (χ3n) is 4.05. The van der Waals surface area contributed by atoms with E-state index in [1.54, 1.807) is 0 Å². The number of carboxylic acid groups (broad SMARTS) is 1. The summed E-state index contributed by atoms with van der Waals surface area (Å²) in [6.07, 6.45) is 0.876. The molecule has 19 heavy (non-hydrogen) atoms. The van der Waals surface area contributed by atoms with Crippen molar-refractivity contribution in [1.29, 1.82) is 0 Å². The van der Waals surface area contributed by atoms with Gasteiger partial charge in [-0.15, -0.1) is 0 Å². The highest BCUT2D eigenvalue weighted by atomic mass is 16.4. The van der Waals surface area contributed by atoms with Crippen molar-refractivity contribution in [2.24, 2.45) is 5.41 Å². The number of hydrogen-bond donors (Lipinski definition) is 2. The van der Waals surface area contributed by atoms with Gasteiger partial charge in [-0.1, -0.05) is 18.2 Å². The molecule has 1 fully saturated rings. The lowest BCUT2D eigenvalue weighted by molar-refractivity contribution is -0.149. The normalized spacial score (nSPS) is 17.6. The Hall–Kier alpha value is -1.84. The summed E-state index contributed by atoms with van der Waals surface area (Å²) in [6.45, 7) is 5.92. The molecule has 0 unspecified atom stereocenters. The fraction of sp³-hybridized carbons (Fsp3) is 0.467. The zero-order chi connectivity index (χ0) is 14.2. The molecule has 0 bridgehead atoms. The van der Waals surface area contributed by atoms with Crippen LogP contribution in [0.1, 0.15) is 42.5 Å². The summed E-state index contributed by atoms with van der Waals surface area (Å²) in [5.41, 5.74) is 2.16. The highest BCUT2D eigenvalue weighted by Crippen LogP contribution is 2.46. The van der Waals surface area contributed by atoms with Crippen LogP contribution in [0.3, 0.4) is 0 Å². The van der Waals surface area contributed by atoms with Gasteiger partial charge in [0.05, 0.1) is 6.04 Å². The van der Waals surface area contributed by atoms with Crippen molar-refractivity contribution in [2.45, 2.75) is 39.7 Å². The van der Waals surface area contributed by atoms with Crippen molar-refractivity contribution >= 4 is 11.9 Å². The van der Waals surface area contributed by atoms with Gasteiger partial charge in [0, 0.05) is 0 Å². The molecule has 2 N–H and O–H groups in total. The molecule has 1 amide bonds. The minimum atomic E-state index is -1.17. The summed E-state index contributed by atoms with van der Waals surface area (Å²) in [5.74, 6) is -1.38. The lowest BCUT2D eigenvalue weighted by atomic mass is 9.97. The van der Waals surface area contributed by atoms with Gasteiger partial charge in [0.15, 0.2) is 0 Å². The lowest BCUT2D eigenvalue weighted by Crippen LogP contribution is -2.38. The zero-order valence-corrected chi connectivity index (χ0v) is 11.5. The topological polar surface area (TPSA) is 66.4 Å². The Labute approximate surface area is 112 Å². The van der Waals surface area contributed by atoms with Gasteiger partial charge in [-0.25, -0.2) is 0 Å². The van der Waals surface area contributed by atoms with Crippen LogP contribution in [0, 0.1) is 19.3 Å². The Morgan fingerprint density at radius 1 is 1.32 bits per heavy atom. The largest absolute Gasteiger partial charge is 0.480 e. The Balaban J connectivity index is 2.14. The maximum absolute atomic E-state index is 12.1. The van der Waals surface area contributed by atoms with E-state index in [1.165, 1.54) is 0 Å². The number of carbonyl (C=O) groups excluding carboxylic acids is 1. The fourth-order valence-corrected chi connectivity index (χ4v) is 2.32. The summed E-state index contributed by atoms with van der Waals surface area (Å²) >= 11 is 0. The number of benzene rings is 1. The first-order chi connectivity index (χ1) is 8.88. The van der Waals surface area contributed by atoms with Gasteiger partial charge in [-0.3, -0.25) is 9.59 Å². The molecule has 1 aromatic carbocycles. The fourth-order valence-electron chi connectivity index (χ4n) is 2.32. The first-order valence-corrected chi connectivity index (χ1v) is 6.49. The van der Waals surface area contributed by atoms with Crippen LogP contribution in [0.5, 0.6) is 0 Å². The molecule has 0 saturated heterocycles. The van der Waals surface area contributed by atoms with Crippen molar-refractivity contribution in [3.63, 3.8) is 0 Å². The summed E-state index contributed by atoms with van der Waals surface area (Å²) in [7, 11) is 0. The number of aryl methyl sites for hydroxylation is 1. The molecular weight excluding hydrogens is 242 g/mol. The molecule has 0 aromatic heterocycles. The predicted molar refractivity (Wildman–Crippen MR) is 71.8 cm³/mol. The van der Waals surface area contributed by atoms with E-state index in [1.807, 2.05) is 39.0 Å². The average molecular weight is 261 g/mol. The van der Waals surface area contributed by atoms with E-state index in [4.69, 9.17) is 5.11 Å². The van der Waals surface area contributed by atoms with Gasteiger partial charge >= 0.3 is 5.97 Å². The van der Waals surface area contributed by atoms with Crippen molar-refractivity contribution in [3.8, 4) is 0 Å². The molecule has 4 heteroatoms. The number of nitrogens with one attached hydrogen (secondary N) is 1. The molecule has 0 heterocycles. The third-order valence-corrected chi connectivity index (χ3v) is 4.05. The molecule has 1 atom stereocenters. The number of hydrogen-bond acceptors (Lipinski definition) is 2. The molecule has 0 radical (unpaired) electrons. The second kappa shape index (κ2) is 4.68. The Bertz CT molecular complexity index is 532. The molecule has 102 valence electrons. The summed E-state index contributed by atoms with van der Waals surface area (Å²) in [5, 5.41) is 11.9. The van der Waals surface area contributed by atoms with E-state index in [-0.39, 0.29) is 11.9 Å². The van der Waals surface area contributed by atoms with Crippen molar-refractivity contribution in [3.05, 3.63) is 34.9 Å². The lowest BCUT2D eigenvalue weighted by Gasteiger charge is -2.20. The molecule has 1 aliphatic carbocycles. The van der Waals surface area contributed by atoms with Gasteiger partial charge in [0.25, 0.3) is 0 Å². The van der Waals surface area contributed by atoms with Crippen LogP contribution in [0.15, 0.2) is 18.2 Å². The molecule has 1 aliphatic rings. The SMILES string of the molecule is Cc1cccc([C@@H](C)NC(=O)C2(C(=O)O)CC2)c1C. The first kappa shape index (κ1) is 13.6. The van der Waals surface area contributed by atoms with Gasteiger partial charge in [0.2, 0.25) is 5.91 Å². The number of aliphatic carboxylic acids is 1. The number of amides is 1. The Kier molecular flexibility index (Phi) is 3.35. The minimum absolute atomic E-state index is 0.177. The van der Waals surface area contributed by atoms with E-state index in [9.17, 15) is 9.59 Å². The van der Waals surface area contributed by atoms with Gasteiger partial charge in [0.1, 0.15) is 5.41 Å². The summed E-state index contributed by atoms with van der Waals surface area (Å²) in [6, 6.07) is 5.76. The molecule has 1 saturated carbocycles. The average Bonchev–Trinajstić information content (AvgIpc) is 3.13. The highest BCUT2D eigenvalue weighted by Gasteiger charge is 2.57. The monoisotopic (exact) mass is 261 g/mol. The van der Waals surface area contributed by atoms with Gasteiger partial charge in [-0.05, 0) is 50.3 Å². The molecule has 4 nitrogen and oxygen atoms in total. The highest BCUT2D eigenvalue weighted by molar-refractivity contribution is 6.04. The predicted octanol–water partition coefficient (Wildman–Crippen LogP) is 2.35. The van der Waals surface area contributed by atoms with E-state index in [0.717, 1.165) is 16.7 Å². The number of carbonyl (C=O) groups is 2. The number of carboxylic acids is 1. The number of rotatable bonds is 4.